The summed E-state index contributed by atoms with van der Waals surface area (Å²) in [6, 6.07) is 11.6. The van der Waals surface area contributed by atoms with Crippen LogP contribution >= 0.6 is 0 Å². The number of benzene rings is 2. The molecule has 0 N–H and O–H groups in total. The Bertz CT molecular complexity index is 1140. The summed E-state index contributed by atoms with van der Waals surface area (Å²) in [6.07, 6.45) is 3.04. The molecule has 1 heterocycles. The van der Waals surface area contributed by atoms with Gasteiger partial charge in [-0.2, -0.15) is 9.57 Å². The molecule has 0 aliphatic carbocycles. The van der Waals surface area contributed by atoms with E-state index in [1.807, 2.05) is 6.07 Å². The van der Waals surface area contributed by atoms with Gasteiger partial charge in [-0.15, -0.1) is 0 Å². The second-order valence-electron chi connectivity index (χ2n) is 6.87. The highest BCUT2D eigenvalue weighted by Crippen LogP contribution is 2.28. The number of halogens is 1. The number of hydrogen-bond donors (Lipinski definition) is 0. The van der Waals surface area contributed by atoms with Crippen LogP contribution in [0.4, 0.5) is 4.39 Å². The van der Waals surface area contributed by atoms with E-state index in [-0.39, 0.29) is 43.6 Å². The SMILES string of the molecule is COc1cc(/C=C/C(=O)N2CCN(S(=O)(=O)c3ccc(F)cc3)CC2)ccc1OCC#N. The summed E-state index contributed by atoms with van der Waals surface area (Å²) in [5.74, 6) is 0.117. The van der Waals surface area contributed by atoms with Crippen LogP contribution in [-0.2, 0) is 14.8 Å². The van der Waals surface area contributed by atoms with E-state index in [4.69, 9.17) is 14.7 Å². The molecule has 3 rings (SSSR count). The van der Waals surface area contributed by atoms with E-state index in [2.05, 4.69) is 0 Å². The fourth-order valence-corrected chi connectivity index (χ4v) is 4.62. The van der Waals surface area contributed by atoms with Crippen LogP contribution in [-0.4, -0.2) is 63.4 Å². The highest BCUT2D eigenvalue weighted by molar-refractivity contribution is 7.89. The van der Waals surface area contributed by atoms with Gasteiger partial charge in [0, 0.05) is 32.3 Å². The number of ether oxygens (including phenoxy) is 2. The summed E-state index contributed by atoms with van der Waals surface area (Å²) in [5, 5.41) is 8.62. The molecule has 0 atom stereocenters. The number of nitrogens with zero attached hydrogens (tertiary/aromatic N) is 3. The molecule has 1 saturated heterocycles. The monoisotopic (exact) mass is 459 g/mol. The van der Waals surface area contributed by atoms with E-state index in [1.165, 1.54) is 29.6 Å². The third-order valence-electron chi connectivity index (χ3n) is 4.90. The number of carbonyl (C=O) groups excluding carboxylic acids is 1. The summed E-state index contributed by atoms with van der Waals surface area (Å²) < 4.78 is 50.3. The van der Waals surface area contributed by atoms with Crippen molar-refractivity contribution in [1.82, 2.24) is 9.21 Å². The summed E-state index contributed by atoms with van der Waals surface area (Å²) in [7, 11) is -2.26. The van der Waals surface area contributed by atoms with Gasteiger partial charge in [-0.1, -0.05) is 6.07 Å². The lowest BCUT2D eigenvalue weighted by molar-refractivity contribution is -0.127. The Morgan fingerprint density at radius 2 is 1.81 bits per heavy atom. The van der Waals surface area contributed by atoms with Gasteiger partial charge in [0.15, 0.2) is 18.1 Å². The standard InChI is InChI=1S/C22H22FN3O5S/c1-30-21-16-17(2-8-20(21)31-15-10-24)3-9-22(27)25-11-13-26(14-12-25)32(28,29)19-6-4-18(23)5-7-19/h2-9,16H,11-15H2,1H3/b9-3+. The highest BCUT2D eigenvalue weighted by Gasteiger charge is 2.29. The molecule has 1 aliphatic heterocycles. The Kier molecular flexibility index (Phi) is 7.45. The predicted molar refractivity (Wildman–Crippen MR) is 115 cm³/mol. The third-order valence-corrected chi connectivity index (χ3v) is 6.81. The first-order valence-electron chi connectivity index (χ1n) is 9.75. The van der Waals surface area contributed by atoms with Crippen molar-refractivity contribution < 1.29 is 27.1 Å². The maximum Gasteiger partial charge on any atom is 0.246 e. The average Bonchev–Trinajstić information content (AvgIpc) is 2.81. The number of piperazine rings is 1. The Labute approximate surface area is 186 Å². The van der Waals surface area contributed by atoms with Gasteiger partial charge in [0.05, 0.1) is 12.0 Å². The molecule has 0 unspecified atom stereocenters. The Hall–Kier alpha value is -3.42. The molecule has 1 aliphatic rings. The summed E-state index contributed by atoms with van der Waals surface area (Å²) >= 11 is 0. The van der Waals surface area contributed by atoms with Crippen LogP contribution < -0.4 is 9.47 Å². The van der Waals surface area contributed by atoms with Gasteiger partial charge < -0.3 is 14.4 Å². The quantitative estimate of drug-likeness (QED) is 0.589. The van der Waals surface area contributed by atoms with Crippen molar-refractivity contribution in [1.29, 1.82) is 5.26 Å². The number of carbonyl (C=O) groups is 1. The minimum atomic E-state index is -3.74. The topological polar surface area (TPSA) is 99.9 Å². The highest BCUT2D eigenvalue weighted by atomic mass is 32.2. The fraction of sp³-hybridized carbons (Fsp3) is 0.273. The molecule has 10 heteroatoms. The average molecular weight is 459 g/mol. The maximum atomic E-state index is 13.1. The minimum absolute atomic E-state index is 0.0229. The lowest BCUT2D eigenvalue weighted by atomic mass is 10.2. The Morgan fingerprint density at radius 3 is 2.44 bits per heavy atom. The Balaban J connectivity index is 1.60. The molecule has 32 heavy (non-hydrogen) atoms. The molecule has 2 aromatic rings. The smallest absolute Gasteiger partial charge is 0.246 e. The predicted octanol–water partition coefficient (Wildman–Crippen LogP) is 2.28. The number of methoxy groups -OCH3 is 1. The van der Waals surface area contributed by atoms with E-state index in [0.717, 1.165) is 12.1 Å². The molecular formula is C22H22FN3O5S. The minimum Gasteiger partial charge on any atom is -0.493 e. The largest absolute Gasteiger partial charge is 0.493 e. The lowest BCUT2D eigenvalue weighted by Crippen LogP contribution is -2.50. The molecule has 0 aromatic heterocycles. The number of hydrogen-bond acceptors (Lipinski definition) is 6. The van der Waals surface area contributed by atoms with Gasteiger partial charge in [0.2, 0.25) is 15.9 Å². The summed E-state index contributed by atoms with van der Waals surface area (Å²) in [6.45, 7) is 0.685. The fourth-order valence-electron chi connectivity index (χ4n) is 3.19. The van der Waals surface area contributed by atoms with Crippen LogP contribution in [0.3, 0.4) is 0 Å². The first-order valence-corrected chi connectivity index (χ1v) is 11.2. The molecule has 1 amide bonds. The lowest BCUT2D eigenvalue weighted by Gasteiger charge is -2.33. The van der Waals surface area contributed by atoms with E-state index >= 15 is 0 Å². The Morgan fingerprint density at radius 1 is 1.12 bits per heavy atom. The van der Waals surface area contributed by atoms with Crippen LogP contribution in [0, 0.1) is 17.1 Å². The van der Waals surface area contributed by atoms with Crippen LogP contribution in [0.5, 0.6) is 11.5 Å². The summed E-state index contributed by atoms with van der Waals surface area (Å²) in [4.78, 5) is 14.1. The van der Waals surface area contributed by atoms with Gasteiger partial charge in [0.25, 0.3) is 0 Å². The number of amides is 1. The van der Waals surface area contributed by atoms with Crippen molar-refractivity contribution in [2.75, 3.05) is 39.9 Å². The molecule has 0 bridgehead atoms. The summed E-state index contributed by atoms with van der Waals surface area (Å²) in [5.41, 5.74) is 0.706. The molecule has 2 aromatic carbocycles. The first kappa shape index (κ1) is 23.2. The van der Waals surface area contributed by atoms with E-state index in [1.54, 1.807) is 29.2 Å². The van der Waals surface area contributed by atoms with Crippen molar-refractivity contribution in [2.45, 2.75) is 4.90 Å². The molecule has 0 spiro atoms. The van der Waals surface area contributed by atoms with E-state index in [0.29, 0.717) is 17.1 Å². The van der Waals surface area contributed by atoms with Crippen molar-refractivity contribution in [3.05, 3.63) is 59.9 Å². The normalized spacial score (nSPS) is 14.8. The molecule has 168 valence electrons. The zero-order valence-corrected chi connectivity index (χ0v) is 18.2. The van der Waals surface area contributed by atoms with Gasteiger partial charge in [0.1, 0.15) is 11.9 Å². The van der Waals surface area contributed by atoms with Crippen molar-refractivity contribution in [3.63, 3.8) is 0 Å². The zero-order chi connectivity index (χ0) is 23.1. The van der Waals surface area contributed by atoms with Crippen LogP contribution in [0.25, 0.3) is 6.08 Å². The molecule has 1 fully saturated rings. The van der Waals surface area contributed by atoms with Gasteiger partial charge in [-0.3, -0.25) is 4.79 Å². The molecule has 0 saturated carbocycles. The number of nitriles is 1. The molecular weight excluding hydrogens is 437 g/mol. The second kappa shape index (κ2) is 10.3. The molecule has 8 nitrogen and oxygen atoms in total. The van der Waals surface area contributed by atoms with E-state index < -0.39 is 15.8 Å². The van der Waals surface area contributed by atoms with E-state index in [9.17, 15) is 17.6 Å². The van der Waals surface area contributed by atoms with Crippen molar-refractivity contribution in [2.24, 2.45) is 0 Å². The van der Waals surface area contributed by atoms with Crippen molar-refractivity contribution in [3.8, 4) is 17.6 Å². The molecule has 0 radical (unpaired) electrons. The van der Waals surface area contributed by atoms with Gasteiger partial charge in [-0.05, 0) is 48.0 Å². The maximum absolute atomic E-state index is 13.1. The van der Waals surface area contributed by atoms with Gasteiger partial charge >= 0.3 is 0 Å². The van der Waals surface area contributed by atoms with Crippen LogP contribution in [0.2, 0.25) is 0 Å². The van der Waals surface area contributed by atoms with Crippen LogP contribution in [0.15, 0.2) is 53.4 Å². The van der Waals surface area contributed by atoms with Crippen LogP contribution in [0.1, 0.15) is 5.56 Å². The number of sulfonamides is 1. The zero-order valence-electron chi connectivity index (χ0n) is 17.4. The second-order valence-corrected chi connectivity index (χ2v) is 8.81. The van der Waals surface area contributed by atoms with Crippen molar-refractivity contribution >= 4 is 22.0 Å². The third kappa shape index (κ3) is 5.43. The van der Waals surface area contributed by atoms with Gasteiger partial charge in [-0.25, -0.2) is 12.8 Å². The first-order chi connectivity index (χ1) is 15.3. The number of rotatable bonds is 7.